The summed E-state index contributed by atoms with van der Waals surface area (Å²) in [6.45, 7) is 5.88. The third-order valence-corrected chi connectivity index (χ3v) is 10.6. The molecule has 12 nitrogen and oxygen atoms in total. The third-order valence-electron chi connectivity index (χ3n) is 7.20. The molecule has 0 unspecified atom stereocenters. The van der Waals surface area contributed by atoms with Gasteiger partial charge in [0.25, 0.3) is 0 Å². The largest absolute Gasteiger partial charge is 0.480 e. The Labute approximate surface area is 256 Å². The first kappa shape index (κ1) is 32.3. The van der Waals surface area contributed by atoms with Crippen LogP contribution in [0.25, 0.3) is 0 Å². The smallest absolute Gasteiger partial charge is 0.326 e. The van der Waals surface area contributed by atoms with E-state index in [2.05, 4.69) is 26.3 Å². The Kier molecular flexibility index (Phi) is 10.7. The number of nitrogens with one attached hydrogen (secondary N) is 4. The van der Waals surface area contributed by atoms with Gasteiger partial charge in [0.15, 0.2) is 5.96 Å². The number of amides is 2. The zero-order chi connectivity index (χ0) is 31.0. The number of hydrogen-bond acceptors (Lipinski definition) is 9. The summed E-state index contributed by atoms with van der Waals surface area (Å²) in [5.41, 5.74) is 1.22. The third kappa shape index (κ3) is 8.48. The van der Waals surface area contributed by atoms with Crippen LogP contribution < -0.4 is 21.3 Å². The van der Waals surface area contributed by atoms with Gasteiger partial charge in [0.1, 0.15) is 12.1 Å². The number of guanidine groups is 1. The van der Waals surface area contributed by atoms with E-state index in [9.17, 15) is 27.9 Å². The van der Waals surface area contributed by atoms with E-state index in [4.69, 9.17) is 0 Å². The monoisotopic (exact) mass is 630 g/mol. The number of anilines is 1. The molecule has 0 bridgehead atoms. The summed E-state index contributed by atoms with van der Waals surface area (Å²) in [4.78, 5) is 42.2. The molecule has 14 heteroatoms. The molecule has 0 aromatic heterocycles. The number of unbranched alkanes of at least 4 members (excludes halogenated alkanes) is 1. The van der Waals surface area contributed by atoms with Gasteiger partial charge in [-0.25, -0.2) is 13.2 Å². The lowest BCUT2D eigenvalue weighted by atomic mass is 10.0. The van der Waals surface area contributed by atoms with Gasteiger partial charge in [0.05, 0.1) is 17.3 Å². The normalized spacial score (nSPS) is 18.7. The van der Waals surface area contributed by atoms with Crippen molar-refractivity contribution >= 4 is 51.2 Å². The minimum Gasteiger partial charge on any atom is -0.480 e. The van der Waals surface area contributed by atoms with Crippen molar-refractivity contribution in [1.29, 1.82) is 0 Å². The standard InChI is InChI=1S/C29H38N6O6S2/c1-29(2)25(35(19-42-29)43(40,41)22-8-4-3-5-9-22)26(37)34-23(27(38)39)18-20-11-13-21(14-12-20)33-24(36)10-6-7-15-30-28-31-16-17-32-28/h3-5,8-9,11-14,23,25H,6-7,10,15-19H2,1-2H3,(H,33,36)(H,34,37)(H,38,39)(H2,30,31,32)/t23-,25+/m0/s1. The summed E-state index contributed by atoms with van der Waals surface area (Å²) in [6.07, 6.45) is 1.88. The van der Waals surface area contributed by atoms with Crippen LogP contribution in [-0.2, 0) is 30.8 Å². The number of carboxylic acids is 1. The zero-order valence-corrected chi connectivity index (χ0v) is 25.8. The maximum absolute atomic E-state index is 13.5. The van der Waals surface area contributed by atoms with Crippen molar-refractivity contribution < 1.29 is 27.9 Å². The van der Waals surface area contributed by atoms with Gasteiger partial charge in [-0.3, -0.25) is 14.6 Å². The van der Waals surface area contributed by atoms with Crippen molar-refractivity contribution in [3.63, 3.8) is 0 Å². The molecule has 2 aromatic rings. The van der Waals surface area contributed by atoms with Crippen LogP contribution in [0.1, 0.15) is 38.7 Å². The van der Waals surface area contributed by atoms with E-state index in [0.717, 1.165) is 36.3 Å². The second-order valence-electron chi connectivity index (χ2n) is 10.9. The summed E-state index contributed by atoms with van der Waals surface area (Å²) >= 11 is 1.32. The van der Waals surface area contributed by atoms with Crippen molar-refractivity contribution in [1.82, 2.24) is 20.3 Å². The summed E-state index contributed by atoms with van der Waals surface area (Å²) in [6, 6.07) is 12.2. The van der Waals surface area contributed by atoms with E-state index in [0.29, 0.717) is 24.1 Å². The molecule has 0 aliphatic carbocycles. The predicted molar refractivity (Wildman–Crippen MR) is 166 cm³/mol. The van der Waals surface area contributed by atoms with Crippen molar-refractivity contribution in [3.8, 4) is 0 Å². The van der Waals surface area contributed by atoms with E-state index in [1.165, 1.54) is 23.9 Å². The lowest BCUT2D eigenvalue weighted by molar-refractivity contribution is -0.142. The minimum absolute atomic E-state index is 0.0197. The highest BCUT2D eigenvalue weighted by Gasteiger charge is 2.51. The van der Waals surface area contributed by atoms with Crippen LogP contribution in [0, 0.1) is 0 Å². The molecule has 0 radical (unpaired) electrons. The van der Waals surface area contributed by atoms with Crippen LogP contribution in [0.15, 0.2) is 64.5 Å². The fourth-order valence-electron chi connectivity index (χ4n) is 4.88. The SMILES string of the molecule is CC1(C)SCN(S(=O)(=O)c2ccccc2)[C@@H]1C(=O)N[C@@H](Cc1ccc(NC(=O)CCCCNC2=NCCN2)cc1)C(=O)O. The summed E-state index contributed by atoms with van der Waals surface area (Å²) < 4.78 is 27.1. The maximum atomic E-state index is 13.5. The number of carbonyl (C=O) groups is 3. The first-order valence-corrected chi connectivity index (χ1v) is 16.5. The van der Waals surface area contributed by atoms with Gasteiger partial charge in [0, 0.05) is 36.4 Å². The number of benzene rings is 2. The number of aliphatic imine (C=N–C) groups is 1. The van der Waals surface area contributed by atoms with E-state index < -0.39 is 38.7 Å². The van der Waals surface area contributed by atoms with Gasteiger partial charge in [-0.05, 0) is 56.5 Å². The van der Waals surface area contributed by atoms with E-state index in [-0.39, 0.29) is 23.1 Å². The maximum Gasteiger partial charge on any atom is 0.326 e. The fraction of sp³-hybridized carbons (Fsp3) is 0.448. The Morgan fingerprint density at radius 1 is 1.12 bits per heavy atom. The molecule has 2 aliphatic heterocycles. The van der Waals surface area contributed by atoms with E-state index in [1.54, 1.807) is 56.3 Å². The molecular weight excluding hydrogens is 592 g/mol. The lowest BCUT2D eigenvalue weighted by Gasteiger charge is -2.31. The molecule has 2 aliphatic rings. The highest BCUT2D eigenvalue weighted by molar-refractivity contribution is 8.02. The van der Waals surface area contributed by atoms with Gasteiger partial charge >= 0.3 is 5.97 Å². The molecule has 2 aromatic carbocycles. The Hall–Kier alpha value is -3.62. The van der Waals surface area contributed by atoms with E-state index >= 15 is 0 Å². The number of sulfonamides is 1. The van der Waals surface area contributed by atoms with Gasteiger partial charge in [0.2, 0.25) is 21.8 Å². The second kappa shape index (κ2) is 14.2. The van der Waals surface area contributed by atoms with Crippen molar-refractivity contribution in [2.75, 3.05) is 30.8 Å². The van der Waals surface area contributed by atoms with E-state index in [1.807, 2.05) is 0 Å². The number of hydrogen-bond donors (Lipinski definition) is 5. The Morgan fingerprint density at radius 3 is 2.49 bits per heavy atom. The number of rotatable bonds is 13. The Morgan fingerprint density at radius 2 is 1.84 bits per heavy atom. The molecule has 1 fully saturated rings. The summed E-state index contributed by atoms with van der Waals surface area (Å²) in [5, 5.41) is 21.6. The highest BCUT2D eigenvalue weighted by Crippen LogP contribution is 2.42. The number of aliphatic carboxylic acids is 1. The van der Waals surface area contributed by atoms with Crippen molar-refractivity contribution in [3.05, 3.63) is 60.2 Å². The molecular formula is C29H38N6O6S2. The number of thioether (sulfide) groups is 1. The molecule has 2 amide bonds. The first-order chi connectivity index (χ1) is 20.5. The molecule has 4 rings (SSSR count). The Bertz CT molecular complexity index is 1430. The quantitative estimate of drug-likeness (QED) is 0.208. The van der Waals surface area contributed by atoms with Crippen molar-refractivity contribution in [2.24, 2.45) is 4.99 Å². The molecule has 0 saturated carbocycles. The van der Waals surface area contributed by atoms with Gasteiger partial charge in [-0.2, -0.15) is 4.31 Å². The predicted octanol–water partition coefficient (Wildman–Crippen LogP) is 2.00. The Balaban J connectivity index is 1.32. The van der Waals surface area contributed by atoms with Crippen LogP contribution in [0.4, 0.5) is 5.69 Å². The van der Waals surface area contributed by atoms with Gasteiger partial charge < -0.3 is 26.4 Å². The molecule has 43 heavy (non-hydrogen) atoms. The minimum atomic E-state index is -3.99. The number of nitrogens with zero attached hydrogens (tertiary/aromatic N) is 2. The van der Waals surface area contributed by atoms with Gasteiger partial charge in [-0.1, -0.05) is 30.3 Å². The molecule has 232 valence electrons. The average molecular weight is 631 g/mol. The average Bonchev–Trinajstić information content (AvgIpc) is 3.61. The molecule has 5 N–H and O–H groups in total. The second-order valence-corrected chi connectivity index (χ2v) is 14.4. The topological polar surface area (TPSA) is 169 Å². The number of carbonyl (C=O) groups excluding carboxylic acids is 2. The zero-order valence-electron chi connectivity index (χ0n) is 24.2. The molecule has 2 heterocycles. The van der Waals surface area contributed by atoms with Crippen LogP contribution in [0.5, 0.6) is 0 Å². The molecule has 0 spiro atoms. The molecule has 2 atom stereocenters. The van der Waals surface area contributed by atoms with Crippen LogP contribution in [0.3, 0.4) is 0 Å². The highest BCUT2D eigenvalue weighted by atomic mass is 32.2. The van der Waals surface area contributed by atoms with Gasteiger partial charge in [-0.15, -0.1) is 11.8 Å². The fourth-order valence-corrected chi connectivity index (χ4v) is 8.07. The van der Waals surface area contributed by atoms with Crippen molar-refractivity contribution in [2.45, 2.75) is 61.3 Å². The first-order valence-electron chi connectivity index (χ1n) is 14.1. The summed E-state index contributed by atoms with van der Waals surface area (Å²) in [5.74, 6) is -1.16. The van der Waals surface area contributed by atoms with Crippen LogP contribution in [-0.4, -0.2) is 83.9 Å². The number of carboxylic acid groups (broad SMARTS) is 1. The van der Waals surface area contributed by atoms with Crippen LogP contribution >= 0.6 is 11.8 Å². The summed E-state index contributed by atoms with van der Waals surface area (Å²) in [7, 11) is -3.99. The molecule has 1 saturated heterocycles. The lowest BCUT2D eigenvalue weighted by Crippen LogP contribution is -2.56. The van der Waals surface area contributed by atoms with Crippen LogP contribution in [0.2, 0.25) is 0 Å².